The van der Waals surface area contributed by atoms with Crippen LogP contribution >= 0.6 is 39.1 Å². The number of nitrogens with zero attached hydrogens (tertiary/aromatic N) is 1. The Bertz CT molecular complexity index is 670. The molecule has 23 heavy (non-hydrogen) atoms. The van der Waals surface area contributed by atoms with Gasteiger partial charge in [-0.1, -0.05) is 39.1 Å². The van der Waals surface area contributed by atoms with Crippen LogP contribution < -0.4 is 5.32 Å². The number of hydrogen-bond donors (Lipinski definition) is 2. The van der Waals surface area contributed by atoms with E-state index in [1.165, 1.54) is 12.0 Å². The Kier molecular flexibility index (Phi) is 5.91. The van der Waals surface area contributed by atoms with Gasteiger partial charge in [0, 0.05) is 11.0 Å². The molecule has 9 heteroatoms. The standard InChI is InChI=1S/C14H13BrCl2N2O4/c1-23-14(22)8-6-19(2-3-20)13(21)11(8)18-12-9(16)4-7(15)5-10(12)17/h4-5,18,20H,2-3,6H2,1H3. The van der Waals surface area contributed by atoms with Crippen molar-refractivity contribution in [2.45, 2.75) is 0 Å². The molecular weight excluding hydrogens is 411 g/mol. The number of aliphatic hydroxyl groups excluding tert-OH is 1. The molecule has 0 aliphatic carbocycles. The van der Waals surface area contributed by atoms with E-state index in [1.54, 1.807) is 12.1 Å². The minimum Gasteiger partial charge on any atom is -0.466 e. The third kappa shape index (κ3) is 3.80. The van der Waals surface area contributed by atoms with Gasteiger partial charge in [-0.25, -0.2) is 4.79 Å². The predicted octanol–water partition coefficient (Wildman–Crippen LogP) is 2.43. The minimum atomic E-state index is -0.634. The van der Waals surface area contributed by atoms with Crippen LogP contribution in [0.1, 0.15) is 0 Å². The van der Waals surface area contributed by atoms with Crippen molar-refractivity contribution in [2.75, 3.05) is 32.1 Å². The van der Waals surface area contributed by atoms with Gasteiger partial charge in [-0.3, -0.25) is 4.79 Å². The van der Waals surface area contributed by atoms with E-state index in [0.717, 1.165) is 0 Å². The minimum absolute atomic E-state index is 0.0384. The SMILES string of the molecule is COC(=O)C1=C(Nc2c(Cl)cc(Br)cc2Cl)C(=O)N(CCO)C1. The summed E-state index contributed by atoms with van der Waals surface area (Å²) in [6.07, 6.45) is 0. The Labute approximate surface area is 151 Å². The van der Waals surface area contributed by atoms with Crippen LogP contribution in [0.5, 0.6) is 0 Å². The Morgan fingerprint density at radius 2 is 2.04 bits per heavy atom. The van der Waals surface area contributed by atoms with Crippen LogP contribution in [0.4, 0.5) is 5.69 Å². The van der Waals surface area contributed by atoms with Gasteiger partial charge < -0.3 is 20.1 Å². The number of ether oxygens (including phenoxy) is 1. The molecule has 1 aliphatic rings. The number of halogens is 3. The van der Waals surface area contributed by atoms with Crippen LogP contribution in [0.25, 0.3) is 0 Å². The molecule has 0 saturated heterocycles. The highest BCUT2D eigenvalue weighted by Crippen LogP contribution is 2.36. The normalized spacial score (nSPS) is 14.5. The topological polar surface area (TPSA) is 78.9 Å². The van der Waals surface area contributed by atoms with Gasteiger partial charge in [-0.05, 0) is 12.1 Å². The van der Waals surface area contributed by atoms with Crippen LogP contribution in [0.3, 0.4) is 0 Å². The summed E-state index contributed by atoms with van der Waals surface area (Å²) in [4.78, 5) is 25.6. The summed E-state index contributed by atoms with van der Waals surface area (Å²) in [6.45, 7) is -0.0697. The van der Waals surface area contributed by atoms with E-state index < -0.39 is 11.9 Å². The average Bonchev–Trinajstić information content (AvgIpc) is 2.79. The van der Waals surface area contributed by atoms with Crippen molar-refractivity contribution in [3.8, 4) is 0 Å². The lowest BCUT2D eigenvalue weighted by Gasteiger charge is -2.16. The van der Waals surface area contributed by atoms with E-state index in [-0.39, 0.29) is 41.0 Å². The molecule has 124 valence electrons. The molecule has 0 bridgehead atoms. The Morgan fingerprint density at radius 1 is 1.43 bits per heavy atom. The fourth-order valence-electron chi connectivity index (χ4n) is 2.14. The van der Waals surface area contributed by atoms with Gasteiger partial charge >= 0.3 is 5.97 Å². The molecule has 0 radical (unpaired) electrons. The van der Waals surface area contributed by atoms with Gasteiger partial charge in [0.25, 0.3) is 5.91 Å². The van der Waals surface area contributed by atoms with Crippen LogP contribution in [-0.2, 0) is 14.3 Å². The van der Waals surface area contributed by atoms with Gasteiger partial charge in [0.15, 0.2) is 0 Å². The van der Waals surface area contributed by atoms with E-state index in [2.05, 4.69) is 21.2 Å². The number of esters is 1. The van der Waals surface area contributed by atoms with Crippen LogP contribution in [0, 0.1) is 0 Å². The smallest absolute Gasteiger partial charge is 0.337 e. The number of carbonyl (C=O) groups excluding carboxylic acids is 2. The number of aliphatic hydroxyl groups is 1. The van der Waals surface area contributed by atoms with Gasteiger partial charge in [0.2, 0.25) is 0 Å². The van der Waals surface area contributed by atoms with Crippen LogP contribution in [0.2, 0.25) is 10.0 Å². The molecule has 1 aromatic carbocycles. The van der Waals surface area contributed by atoms with Crippen molar-refractivity contribution in [2.24, 2.45) is 0 Å². The largest absolute Gasteiger partial charge is 0.466 e. The number of carbonyl (C=O) groups is 2. The second kappa shape index (κ2) is 7.53. The number of methoxy groups -OCH3 is 1. The van der Waals surface area contributed by atoms with Crippen molar-refractivity contribution in [3.05, 3.63) is 37.9 Å². The Morgan fingerprint density at radius 3 is 2.57 bits per heavy atom. The summed E-state index contributed by atoms with van der Waals surface area (Å²) in [5.74, 6) is -1.07. The summed E-state index contributed by atoms with van der Waals surface area (Å²) < 4.78 is 5.39. The highest BCUT2D eigenvalue weighted by atomic mass is 79.9. The molecule has 0 spiro atoms. The molecule has 2 N–H and O–H groups in total. The number of rotatable bonds is 5. The maximum Gasteiger partial charge on any atom is 0.337 e. The highest BCUT2D eigenvalue weighted by Gasteiger charge is 2.35. The summed E-state index contributed by atoms with van der Waals surface area (Å²) >= 11 is 15.5. The van der Waals surface area contributed by atoms with Crippen LogP contribution in [-0.4, -0.2) is 48.7 Å². The van der Waals surface area contributed by atoms with Crippen LogP contribution in [0.15, 0.2) is 27.9 Å². The second-order valence-corrected chi connectivity index (χ2v) is 6.39. The lowest BCUT2D eigenvalue weighted by Crippen LogP contribution is -2.31. The van der Waals surface area contributed by atoms with Gasteiger partial charge in [-0.2, -0.15) is 0 Å². The molecule has 0 atom stereocenters. The van der Waals surface area contributed by atoms with Crippen molar-refractivity contribution >= 4 is 56.7 Å². The Hall–Kier alpha value is -1.28. The van der Waals surface area contributed by atoms with Gasteiger partial charge in [0.05, 0.1) is 41.6 Å². The monoisotopic (exact) mass is 422 g/mol. The summed E-state index contributed by atoms with van der Waals surface area (Å²) in [7, 11) is 1.23. The molecule has 6 nitrogen and oxygen atoms in total. The number of benzene rings is 1. The highest BCUT2D eigenvalue weighted by molar-refractivity contribution is 9.10. The number of amides is 1. The van der Waals surface area contributed by atoms with Crippen molar-refractivity contribution in [3.63, 3.8) is 0 Å². The number of nitrogens with one attached hydrogen (secondary N) is 1. The van der Waals surface area contributed by atoms with Crippen molar-refractivity contribution < 1.29 is 19.4 Å². The van der Waals surface area contributed by atoms with E-state index in [9.17, 15) is 9.59 Å². The number of hydrogen-bond acceptors (Lipinski definition) is 5. The summed E-state index contributed by atoms with van der Waals surface area (Å²) in [5, 5.41) is 12.4. The molecule has 1 heterocycles. The van der Waals surface area contributed by atoms with E-state index >= 15 is 0 Å². The van der Waals surface area contributed by atoms with E-state index in [4.69, 9.17) is 33.0 Å². The molecular formula is C14H13BrCl2N2O4. The zero-order valence-electron chi connectivity index (χ0n) is 12.0. The third-order valence-corrected chi connectivity index (χ3v) is 4.26. The fourth-order valence-corrected chi connectivity index (χ4v) is 3.44. The molecule has 0 fully saturated rings. The van der Waals surface area contributed by atoms with E-state index in [0.29, 0.717) is 10.2 Å². The molecule has 1 amide bonds. The van der Waals surface area contributed by atoms with Gasteiger partial charge in [-0.15, -0.1) is 0 Å². The maximum atomic E-state index is 12.4. The fraction of sp³-hybridized carbons (Fsp3) is 0.286. The van der Waals surface area contributed by atoms with E-state index in [1.807, 2.05) is 0 Å². The zero-order valence-corrected chi connectivity index (χ0v) is 15.1. The van der Waals surface area contributed by atoms with Crippen molar-refractivity contribution in [1.82, 2.24) is 4.90 Å². The second-order valence-electron chi connectivity index (χ2n) is 4.66. The molecule has 0 aromatic heterocycles. The molecule has 0 unspecified atom stereocenters. The zero-order chi connectivity index (χ0) is 17.1. The third-order valence-electron chi connectivity index (χ3n) is 3.21. The molecule has 1 aliphatic heterocycles. The lowest BCUT2D eigenvalue weighted by molar-refractivity contribution is -0.136. The average molecular weight is 424 g/mol. The van der Waals surface area contributed by atoms with Gasteiger partial charge in [0.1, 0.15) is 5.70 Å². The predicted molar refractivity (Wildman–Crippen MR) is 90.5 cm³/mol. The first-order valence-corrected chi connectivity index (χ1v) is 8.07. The quantitative estimate of drug-likeness (QED) is 0.711. The summed E-state index contributed by atoms with van der Waals surface area (Å²) in [6, 6.07) is 3.22. The molecule has 0 saturated carbocycles. The Balaban J connectivity index is 2.41. The number of anilines is 1. The first kappa shape index (κ1) is 18.1. The first-order valence-electron chi connectivity index (χ1n) is 6.52. The lowest BCUT2D eigenvalue weighted by atomic mass is 10.2. The molecule has 1 aromatic rings. The van der Waals surface area contributed by atoms with Crippen molar-refractivity contribution in [1.29, 1.82) is 0 Å². The maximum absolute atomic E-state index is 12.4. The summed E-state index contributed by atoms with van der Waals surface area (Å²) in [5.41, 5.74) is 0.504. The molecule has 2 rings (SSSR count). The number of β-amino-alcohol motifs (C(OH)–C–C–N with tert-alkyl or cyclic N) is 1. The first-order chi connectivity index (χ1) is 10.9.